The fraction of sp³-hybridized carbons (Fsp3) is 0. The van der Waals surface area contributed by atoms with Crippen LogP contribution < -0.4 is 17.0 Å². The van der Waals surface area contributed by atoms with Crippen molar-refractivity contribution in [2.24, 2.45) is 11.6 Å². The number of primary amides is 1. The van der Waals surface area contributed by atoms with Crippen LogP contribution in [-0.2, 0) is 4.74 Å². The Balaban J connectivity index is 2.74. The Hall–Kier alpha value is -2.00. The SMILES string of the molecule is NNC(=O)OC(=O)c1csc(C(N)=O)n1. The summed E-state index contributed by atoms with van der Waals surface area (Å²) in [6.07, 6.45) is -1.12. The summed E-state index contributed by atoms with van der Waals surface area (Å²) in [6.45, 7) is 0. The fourth-order valence-corrected chi connectivity index (χ4v) is 1.29. The van der Waals surface area contributed by atoms with Crippen molar-refractivity contribution in [1.82, 2.24) is 10.4 Å². The van der Waals surface area contributed by atoms with E-state index >= 15 is 0 Å². The highest BCUT2D eigenvalue weighted by atomic mass is 32.1. The summed E-state index contributed by atoms with van der Waals surface area (Å²) in [7, 11) is 0. The van der Waals surface area contributed by atoms with Crippen molar-refractivity contribution in [3.05, 3.63) is 16.1 Å². The Morgan fingerprint density at radius 2 is 2.13 bits per heavy atom. The highest BCUT2D eigenvalue weighted by Gasteiger charge is 2.17. The van der Waals surface area contributed by atoms with Crippen LogP contribution in [0.1, 0.15) is 20.3 Å². The molecule has 9 heteroatoms. The van der Waals surface area contributed by atoms with Crippen LogP contribution in [0.25, 0.3) is 0 Å². The van der Waals surface area contributed by atoms with Crippen molar-refractivity contribution in [2.45, 2.75) is 0 Å². The van der Waals surface area contributed by atoms with Gasteiger partial charge in [-0.25, -0.2) is 20.4 Å². The van der Waals surface area contributed by atoms with Gasteiger partial charge >= 0.3 is 12.1 Å². The molecule has 0 aliphatic carbocycles. The quantitative estimate of drug-likeness (QED) is 0.195. The number of nitrogens with zero attached hydrogens (tertiary/aromatic N) is 1. The van der Waals surface area contributed by atoms with Crippen molar-refractivity contribution in [3.8, 4) is 0 Å². The second-order valence-corrected chi connectivity index (χ2v) is 3.08. The molecule has 80 valence electrons. The van der Waals surface area contributed by atoms with E-state index in [2.05, 4.69) is 15.6 Å². The van der Waals surface area contributed by atoms with Crippen LogP contribution in [-0.4, -0.2) is 23.0 Å². The number of nitrogens with one attached hydrogen (secondary N) is 1. The molecular weight excluding hydrogens is 224 g/mol. The molecule has 1 heterocycles. The molecule has 0 unspecified atom stereocenters. The summed E-state index contributed by atoms with van der Waals surface area (Å²) in [5, 5.41) is 1.20. The van der Waals surface area contributed by atoms with Crippen LogP contribution in [0.2, 0.25) is 0 Å². The third-order valence-corrected chi connectivity index (χ3v) is 2.08. The van der Waals surface area contributed by atoms with E-state index in [0.29, 0.717) is 0 Å². The number of esters is 1. The molecule has 0 fully saturated rings. The maximum atomic E-state index is 11.1. The number of hydrogen-bond donors (Lipinski definition) is 3. The second-order valence-electron chi connectivity index (χ2n) is 2.22. The van der Waals surface area contributed by atoms with Crippen LogP contribution >= 0.6 is 11.3 Å². The predicted molar refractivity (Wildman–Crippen MR) is 48.8 cm³/mol. The molecule has 1 aromatic heterocycles. The lowest BCUT2D eigenvalue weighted by Gasteiger charge is -1.97. The smallest absolute Gasteiger partial charge is 0.370 e. The molecule has 2 amide bonds. The van der Waals surface area contributed by atoms with Gasteiger partial charge in [0.15, 0.2) is 10.7 Å². The van der Waals surface area contributed by atoms with Gasteiger partial charge in [0.1, 0.15) is 0 Å². The Morgan fingerprint density at radius 1 is 1.47 bits per heavy atom. The number of hydrazine groups is 1. The second kappa shape index (κ2) is 4.48. The van der Waals surface area contributed by atoms with Gasteiger partial charge in [-0.05, 0) is 0 Å². The number of carbonyl (C=O) groups is 3. The minimum Gasteiger partial charge on any atom is -0.370 e. The summed E-state index contributed by atoms with van der Waals surface area (Å²) in [4.78, 5) is 35.8. The molecular formula is C6H6N4O4S. The van der Waals surface area contributed by atoms with E-state index in [0.717, 1.165) is 11.3 Å². The zero-order valence-electron chi connectivity index (χ0n) is 7.22. The summed E-state index contributed by atoms with van der Waals surface area (Å²) >= 11 is 0.871. The molecule has 0 aromatic carbocycles. The largest absolute Gasteiger partial charge is 0.429 e. The lowest BCUT2D eigenvalue weighted by Crippen LogP contribution is -2.32. The minimum atomic E-state index is -1.12. The van der Waals surface area contributed by atoms with Gasteiger partial charge in [0.2, 0.25) is 0 Å². The van der Waals surface area contributed by atoms with E-state index in [1.807, 2.05) is 0 Å². The van der Waals surface area contributed by atoms with Crippen molar-refractivity contribution in [3.63, 3.8) is 0 Å². The van der Waals surface area contributed by atoms with Crippen molar-refractivity contribution in [1.29, 1.82) is 0 Å². The van der Waals surface area contributed by atoms with Gasteiger partial charge in [0, 0.05) is 5.38 Å². The van der Waals surface area contributed by atoms with Gasteiger partial charge in [-0.3, -0.25) is 10.2 Å². The molecule has 0 aliphatic heterocycles. The third kappa shape index (κ3) is 2.72. The van der Waals surface area contributed by atoms with Crippen LogP contribution in [0.3, 0.4) is 0 Å². The van der Waals surface area contributed by atoms with E-state index in [9.17, 15) is 14.4 Å². The van der Waals surface area contributed by atoms with Gasteiger partial charge in [0.25, 0.3) is 5.91 Å². The molecule has 0 bridgehead atoms. The zero-order valence-corrected chi connectivity index (χ0v) is 8.04. The normalized spacial score (nSPS) is 9.40. The topological polar surface area (TPSA) is 137 Å². The van der Waals surface area contributed by atoms with E-state index < -0.39 is 18.0 Å². The molecule has 15 heavy (non-hydrogen) atoms. The summed E-state index contributed by atoms with van der Waals surface area (Å²) in [5.41, 5.74) is 6.33. The van der Waals surface area contributed by atoms with E-state index in [-0.39, 0.29) is 10.7 Å². The number of ether oxygens (including phenoxy) is 1. The highest BCUT2D eigenvalue weighted by molar-refractivity contribution is 7.11. The number of carbonyl (C=O) groups excluding carboxylic acids is 3. The number of rotatable bonds is 2. The first-order chi connectivity index (χ1) is 7.04. The van der Waals surface area contributed by atoms with Crippen LogP contribution in [0.5, 0.6) is 0 Å². The Bertz CT molecular complexity index is 415. The third-order valence-electron chi connectivity index (χ3n) is 1.23. The number of nitrogens with two attached hydrogens (primary N) is 2. The van der Waals surface area contributed by atoms with Crippen molar-refractivity contribution >= 4 is 29.3 Å². The Labute approximate surface area is 87.2 Å². The number of aromatic nitrogens is 1. The molecule has 1 rings (SSSR count). The van der Waals surface area contributed by atoms with Gasteiger partial charge in [-0.15, -0.1) is 11.3 Å². The first-order valence-corrected chi connectivity index (χ1v) is 4.40. The van der Waals surface area contributed by atoms with E-state index in [4.69, 9.17) is 5.73 Å². The Morgan fingerprint density at radius 3 is 2.60 bits per heavy atom. The van der Waals surface area contributed by atoms with Gasteiger partial charge < -0.3 is 10.5 Å². The first-order valence-electron chi connectivity index (χ1n) is 3.52. The van der Waals surface area contributed by atoms with Gasteiger partial charge in [-0.2, -0.15) is 0 Å². The molecule has 0 atom stereocenters. The van der Waals surface area contributed by atoms with Crippen LogP contribution in [0.15, 0.2) is 5.38 Å². The molecule has 1 aromatic rings. The molecule has 0 saturated carbocycles. The molecule has 8 nitrogen and oxygen atoms in total. The van der Waals surface area contributed by atoms with Crippen LogP contribution in [0, 0.1) is 0 Å². The maximum Gasteiger partial charge on any atom is 0.429 e. The number of thiazole rings is 1. The predicted octanol–water partition coefficient (Wildman–Crippen LogP) is -1.02. The van der Waals surface area contributed by atoms with Gasteiger partial charge in [-0.1, -0.05) is 0 Å². The molecule has 0 saturated heterocycles. The molecule has 0 radical (unpaired) electrons. The first kappa shape index (κ1) is 11.1. The number of amides is 2. The summed E-state index contributed by atoms with van der Waals surface area (Å²) in [5.74, 6) is 2.91. The number of hydrogen-bond acceptors (Lipinski definition) is 7. The monoisotopic (exact) mass is 230 g/mol. The van der Waals surface area contributed by atoms with Gasteiger partial charge in [0.05, 0.1) is 0 Å². The van der Waals surface area contributed by atoms with E-state index in [1.54, 1.807) is 5.43 Å². The van der Waals surface area contributed by atoms with E-state index in [1.165, 1.54) is 5.38 Å². The standard InChI is InChI=1S/C6H6N4O4S/c7-3(11)4-9-2(1-15-4)5(12)14-6(13)10-8/h1H,8H2,(H2,7,11)(H,10,13). The van der Waals surface area contributed by atoms with Crippen molar-refractivity contribution < 1.29 is 19.1 Å². The lowest BCUT2D eigenvalue weighted by atomic mass is 10.5. The average molecular weight is 230 g/mol. The fourth-order valence-electron chi connectivity index (χ4n) is 0.647. The Kier molecular flexibility index (Phi) is 3.31. The maximum absolute atomic E-state index is 11.1. The van der Waals surface area contributed by atoms with Crippen molar-refractivity contribution in [2.75, 3.05) is 0 Å². The molecule has 0 aliphatic rings. The zero-order chi connectivity index (χ0) is 11.4. The molecule has 5 N–H and O–H groups in total. The minimum absolute atomic E-state index is 0.0462. The van der Waals surface area contributed by atoms with Crippen LogP contribution in [0.4, 0.5) is 4.79 Å². The average Bonchev–Trinajstić information content (AvgIpc) is 2.66. The summed E-state index contributed by atoms with van der Waals surface area (Å²) in [6, 6.07) is 0. The highest BCUT2D eigenvalue weighted by Crippen LogP contribution is 2.09. The molecule has 0 spiro atoms. The summed E-state index contributed by atoms with van der Waals surface area (Å²) < 4.78 is 4.16. The lowest BCUT2D eigenvalue weighted by molar-refractivity contribution is 0.0617.